The van der Waals surface area contributed by atoms with E-state index in [1.807, 2.05) is 60.7 Å². The Labute approximate surface area is 145 Å². The molecule has 0 radical (unpaired) electrons. The van der Waals surface area contributed by atoms with Crippen molar-refractivity contribution in [1.29, 1.82) is 0 Å². The molecule has 0 spiro atoms. The van der Waals surface area contributed by atoms with E-state index in [2.05, 4.69) is 0 Å². The van der Waals surface area contributed by atoms with Crippen LogP contribution in [0.5, 0.6) is 5.75 Å². The molecule has 5 heteroatoms. The van der Waals surface area contributed by atoms with Crippen molar-refractivity contribution in [3.05, 3.63) is 72.5 Å². The molecule has 3 aromatic rings. The maximum absolute atomic E-state index is 12.1. The Balaban J connectivity index is 1.58. The number of carbonyl (C=O) groups is 1. The van der Waals surface area contributed by atoms with Crippen molar-refractivity contribution < 1.29 is 19.2 Å². The second kappa shape index (κ2) is 7.68. The molecule has 0 saturated carbocycles. The number of amides is 1. The number of hydroxylamine groups is 2. The van der Waals surface area contributed by atoms with Crippen LogP contribution in [0, 0.1) is 0 Å². The molecule has 1 aromatic heterocycles. The minimum atomic E-state index is -0.519. The van der Waals surface area contributed by atoms with Gasteiger partial charge in [0.05, 0.1) is 6.54 Å². The van der Waals surface area contributed by atoms with Gasteiger partial charge < -0.3 is 9.15 Å². The summed E-state index contributed by atoms with van der Waals surface area (Å²) in [7, 11) is 0. The smallest absolute Gasteiger partial charge is 0.270 e. The fourth-order valence-corrected chi connectivity index (χ4v) is 2.38. The zero-order valence-corrected chi connectivity index (χ0v) is 13.9. The molecule has 1 amide bonds. The highest BCUT2D eigenvalue weighted by molar-refractivity contribution is 5.94. The van der Waals surface area contributed by atoms with E-state index in [9.17, 15) is 10.0 Å². The number of carbonyl (C=O) groups excluding carboxylic acids is 1. The van der Waals surface area contributed by atoms with Gasteiger partial charge in [-0.25, -0.2) is 5.06 Å². The minimum absolute atomic E-state index is 0.0671. The van der Waals surface area contributed by atoms with Gasteiger partial charge in [-0.2, -0.15) is 0 Å². The van der Waals surface area contributed by atoms with Crippen molar-refractivity contribution in [2.24, 2.45) is 0 Å². The van der Waals surface area contributed by atoms with E-state index in [0.29, 0.717) is 22.1 Å². The average Bonchev–Trinajstić information content (AvgIpc) is 3.07. The van der Waals surface area contributed by atoms with E-state index in [0.717, 1.165) is 11.0 Å². The van der Waals surface area contributed by atoms with Crippen LogP contribution in [0.15, 0.2) is 71.2 Å². The highest BCUT2D eigenvalue weighted by Crippen LogP contribution is 2.24. The van der Waals surface area contributed by atoms with Crippen molar-refractivity contribution in [2.75, 3.05) is 13.2 Å². The summed E-state index contributed by atoms with van der Waals surface area (Å²) >= 11 is 0. The quantitative estimate of drug-likeness (QED) is 0.417. The fraction of sp³-hybridized carbons (Fsp3) is 0.150. The number of benzene rings is 2. The molecule has 0 atom stereocenters. The molecule has 0 saturated heterocycles. The number of nitrogens with zero attached hydrogens (tertiary/aromatic N) is 1. The maximum Gasteiger partial charge on any atom is 0.270 e. The molecule has 5 nitrogen and oxygen atoms in total. The van der Waals surface area contributed by atoms with E-state index in [-0.39, 0.29) is 13.2 Å². The standard InChI is InChI=1S/C20H19NO4/c1-15(19-14-16-7-5-6-10-18(16)25-19)13-20(22)21(23)11-12-24-17-8-3-2-4-9-17/h2-10,13-14,23H,11-12H2,1H3/b15-13+. The number of hydrogen-bond acceptors (Lipinski definition) is 4. The lowest BCUT2D eigenvalue weighted by Gasteiger charge is -2.14. The molecule has 0 fully saturated rings. The van der Waals surface area contributed by atoms with Crippen molar-refractivity contribution in [3.63, 3.8) is 0 Å². The first-order valence-corrected chi connectivity index (χ1v) is 7.99. The summed E-state index contributed by atoms with van der Waals surface area (Å²) in [6.07, 6.45) is 1.35. The van der Waals surface area contributed by atoms with Crippen LogP contribution >= 0.6 is 0 Å². The van der Waals surface area contributed by atoms with Crippen molar-refractivity contribution >= 4 is 22.4 Å². The first-order valence-electron chi connectivity index (χ1n) is 7.99. The van der Waals surface area contributed by atoms with Gasteiger partial charge in [0.1, 0.15) is 23.7 Å². The molecular weight excluding hydrogens is 318 g/mol. The van der Waals surface area contributed by atoms with E-state index in [1.165, 1.54) is 6.08 Å². The fourth-order valence-electron chi connectivity index (χ4n) is 2.38. The van der Waals surface area contributed by atoms with E-state index >= 15 is 0 Å². The molecule has 1 heterocycles. The molecule has 0 aliphatic rings. The topological polar surface area (TPSA) is 62.9 Å². The molecule has 128 valence electrons. The molecule has 1 N–H and O–H groups in total. The zero-order chi connectivity index (χ0) is 17.6. The predicted molar refractivity (Wildman–Crippen MR) is 95.3 cm³/mol. The van der Waals surface area contributed by atoms with Crippen LogP contribution in [-0.4, -0.2) is 29.3 Å². The van der Waals surface area contributed by atoms with Crippen LogP contribution in [0.2, 0.25) is 0 Å². The second-order valence-electron chi connectivity index (χ2n) is 5.60. The first kappa shape index (κ1) is 16.8. The average molecular weight is 337 g/mol. The lowest BCUT2D eigenvalue weighted by molar-refractivity contribution is -0.160. The third kappa shape index (κ3) is 4.28. The SMILES string of the molecule is C/C(=C\C(=O)N(O)CCOc1ccccc1)c1cc2ccccc2o1. The highest BCUT2D eigenvalue weighted by atomic mass is 16.5. The lowest BCUT2D eigenvalue weighted by atomic mass is 10.2. The van der Waals surface area contributed by atoms with Crippen molar-refractivity contribution in [1.82, 2.24) is 5.06 Å². The normalized spacial score (nSPS) is 11.5. The summed E-state index contributed by atoms with van der Waals surface area (Å²) in [6, 6.07) is 18.7. The molecule has 0 bridgehead atoms. The van der Waals surface area contributed by atoms with Gasteiger partial charge >= 0.3 is 0 Å². The van der Waals surface area contributed by atoms with Crippen LogP contribution in [0.1, 0.15) is 12.7 Å². The Kier molecular flexibility index (Phi) is 5.16. The Morgan fingerprint density at radius 3 is 2.64 bits per heavy atom. The number of ether oxygens (including phenoxy) is 1. The number of para-hydroxylation sites is 2. The molecule has 3 rings (SSSR count). The summed E-state index contributed by atoms with van der Waals surface area (Å²) < 4.78 is 11.2. The molecule has 0 aliphatic heterocycles. The Bertz CT molecular complexity index is 850. The highest BCUT2D eigenvalue weighted by Gasteiger charge is 2.11. The molecule has 2 aromatic carbocycles. The summed E-state index contributed by atoms with van der Waals surface area (Å²) in [4.78, 5) is 12.1. The van der Waals surface area contributed by atoms with Gasteiger partial charge in [-0.05, 0) is 36.8 Å². The summed E-state index contributed by atoms with van der Waals surface area (Å²) in [5.74, 6) is 0.774. The van der Waals surface area contributed by atoms with Gasteiger partial charge in [0.2, 0.25) is 0 Å². The van der Waals surface area contributed by atoms with Crippen molar-refractivity contribution in [3.8, 4) is 5.75 Å². The predicted octanol–water partition coefficient (Wildman–Crippen LogP) is 4.13. The van der Waals surface area contributed by atoms with Crippen LogP contribution in [0.25, 0.3) is 16.5 Å². The van der Waals surface area contributed by atoms with Gasteiger partial charge in [0.15, 0.2) is 0 Å². The Morgan fingerprint density at radius 2 is 1.88 bits per heavy atom. The molecule has 0 aliphatic carbocycles. The van der Waals surface area contributed by atoms with E-state index < -0.39 is 5.91 Å². The van der Waals surface area contributed by atoms with Gasteiger partial charge in [-0.15, -0.1) is 0 Å². The van der Waals surface area contributed by atoms with Gasteiger partial charge in [-0.3, -0.25) is 10.0 Å². The van der Waals surface area contributed by atoms with Crippen LogP contribution < -0.4 is 4.74 Å². The number of rotatable bonds is 6. The first-order chi connectivity index (χ1) is 12.1. The number of allylic oxidation sites excluding steroid dienone is 1. The molecule has 25 heavy (non-hydrogen) atoms. The number of fused-ring (bicyclic) bond motifs is 1. The number of hydrogen-bond donors (Lipinski definition) is 1. The van der Waals surface area contributed by atoms with Gasteiger partial charge in [0, 0.05) is 11.5 Å². The lowest BCUT2D eigenvalue weighted by Crippen LogP contribution is -2.30. The van der Waals surface area contributed by atoms with Crippen LogP contribution in [0.3, 0.4) is 0 Å². The van der Waals surface area contributed by atoms with Crippen LogP contribution in [-0.2, 0) is 4.79 Å². The van der Waals surface area contributed by atoms with E-state index in [1.54, 1.807) is 6.92 Å². The zero-order valence-electron chi connectivity index (χ0n) is 13.9. The Hall–Kier alpha value is -3.05. The third-order valence-corrected chi connectivity index (χ3v) is 3.72. The van der Waals surface area contributed by atoms with Crippen LogP contribution in [0.4, 0.5) is 0 Å². The van der Waals surface area contributed by atoms with Gasteiger partial charge in [-0.1, -0.05) is 36.4 Å². The Morgan fingerprint density at radius 1 is 1.16 bits per heavy atom. The molecule has 0 unspecified atom stereocenters. The largest absolute Gasteiger partial charge is 0.492 e. The number of furan rings is 1. The minimum Gasteiger partial charge on any atom is -0.492 e. The van der Waals surface area contributed by atoms with E-state index in [4.69, 9.17) is 9.15 Å². The summed E-state index contributed by atoms with van der Waals surface area (Å²) in [6.45, 7) is 2.03. The monoisotopic (exact) mass is 337 g/mol. The second-order valence-corrected chi connectivity index (χ2v) is 5.60. The summed E-state index contributed by atoms with van der Waals surface area (Å²) in [5.41, 5.74) is 1.40. The third-order valence-electron chi connectivity index (χ3n) is 3.72. The van der Waals surface area contributed by atoms with Gasteiger partial charge in [0.25, 0.3) is 5.91 Å². The summed E-state index contributed by atoms with van der Waals surface area (Å²) in [5, 5.41) is 11.5. The maximum atomic E-state index is 12.1. The molecular formula is C20H19NO4. The van der Waals surface area contributed by atoms with Crippen molar-refractivity contribution in [2.45, 2.75) is 6.92 Å².